The van der Waals surface area contributed by atoms with E-state index in [9.17, 15) is 0 Å². The van der Waals surface area contributed by atoms with Crippen LogP contribution in [-0.4, -0.2) is 31.6 Å². The highest BCUT2D eigenvalue weighted by atomic mass is 15.4. The van der Waals surface area contributed by atoms with Crippen molar-refractivity contribution in [2.75, 3.05) is 11.9 Å². The molecule has 4 rings (SSSR count). The number of anilines is 1. The summed E-state index contributed by atoms with van der Waals surface area (Å²) in [6.45, 7) is 0.746. The van der Waals surface area contributed by atoms with Crippen LogP contribution in [0.1, 0.15) is 5.56 Å². The molecule has 0 saturated heterocycles. The molecule has 0 atom stereocenters. The van der Waals surface area contributed by atoms with Gasteiger partial charge in [0.15, 0.2) is 0 Å². The van der Waals surface area contributed by atoms with Crippen molar-refractivity contribution in [3.8, 4) is 11.3 Å². The molecule has 0 unspecified atom stereocenters. The van der Waals surface area contributed by atoms with E-state index >= 15 is 0 Å². The Morgan fingerprint density at radius 3 is 2.62 bits per heavy atom. The van der Waals surface area contributed by atoms with Gasteiger partial charge in [-0.3, -0.25) is 4.98 Å². The largest absolute Gasteiger partial charge is 0.355 e. The number of hydrogen-bond donors (Lipinski definition) is 0. The molecule has 0 radical (unpaired) electrons. The van der Waals surface area contributed by atoms with Crippen molar-refractivity contribution < 1.29 is 0 Å². The molecule has 0 fully saturated rings. The maximum Gasteiger partial charge on any atom is 0.254 e. The van der Waals surface area contributed by atoms with Gasteiger partial charge in [-0.25, -0.2) is 4.98 Å². The molecule has 1 aromatic carbocycles. The number of fused-ring (bicyclic) bond motifs is 1. The third-order valence-electron chi connectivity index (χ3n) is 3.86. The topological polar surface area (TPSA) is 59.2 Å². The molecule has 3 heterocycles. The molecule has 118 valence electrons. The summed E-state index contributed by atoms with van der Waals surface area (Å²) < 4.78 is 1.76. The van der Waals surface area contributed by atoms with Gasteiger partial charge in [0.05, 0.1) is 5.69 Å². The fourth-order valence-electron chi connectivity index (χ4n) is 2.67. The molecule has 24 heavy (non-hydrogen) atoms. The molecule has 0 aliphatic heterocycles. The zero-order chi connectivity index (χ0) is 16.4. The van der Waals surface area contributed by atoms with Gasteiger partial charge in [-0.1, -0.05) is 30.3 Å². The van der Waals surface area contributed by atoms with Crippen molar-refractivity contribution in [1.29, 1.82) is 0 Å². The van der Waals surface area contributed by atoms with Gasteiger partial charge < -0.3 is 4.90 Å². The normalized spacial score (nSPS) is 10.9. The smallest absolute Gasteiger partial charge is 0.254 e. The Balaban J connectivity index is 1.77. The second kappa shape index (κ2) is 6.08. The molecule has 6 heteroatoms. The fourth-order valence-corrected chi connectivity index (χ4v) is 2.67. The van der Waals surface area contributed by atoms with Crippen molar-refractivity contribution in [2.24, 2.45) is 0 Å². The first-order valence-electron chi connectivity index (χ1n) is 7.67. The molecule has 0 amide bonds. The number of hydrogen-bond acceptors (Lipinski definition) is 5. The molecule has 0 saturated carbocycles. The number of aromatic nitrogens is 5. The SMILES string of the molecule is CN(Cc1ccncc1)c1cc(-c2ccccc2)nc2ncnn12. The summed E-state index contributed by atoms with van der Waals surface area (Å²) in [5.74, 6) is 1.53. The van der Waals surface area contributed by atoms with Gasteiger partial charge in [0.1, 0.15) is 12.1 Å². The Morgan fingerprint density at radius 1 is 1.04 bits per heavy atom. The first kappa shape index (κ1) is 14.3. The quantitative estimate of drug-likeness (QED) is 0.579. The highest BCUT2D eigenvalue weighted by Gasteiger charge is 2.13. The van der Waals surface area contributed by atoms with Crippen LogP contribution in [0.3, 0.4) is 0 Å². The van der Waals surface area contributed by atoms with Crippen LogP contribution < -0.4 is 4.90 Å². The lowest BCUT2D eigenvalue weighted by molar-refractivity contribution is 0.832. The van der Waals surface area contributed by atoms with E-state index in [0.29, 0.717) is 5.78 Å². The van der Waals surface area contributed by atoms with Crippen molar-refractivity contribution >= 4 is 11.6 Å². The minimum Gasteiger partial charge on any atom is -0.355 e. The second-order valence-electron chi connectivity index (χ2n) is 5.55. The standard InChI is InChI=1S/C18H16N6/c1-23(12-14-7-9-19-10-8-14)17-11-16(15-5-3-2-4-6-15)22-18-20-13-21-24(17)18/h2-11,13H,12H2,1H3. The van der Waals surface area contributed by atoms with Crippen LogP contribution in [-0.2, 0) is 6.54 Å². The Kier molecular flexibility index (Phi) is 3.63. The molecule has 6 nitrogen and oxygen atoms in total. The van der Waals surface area contributed by atoms with Crippen LogP contribution in [0.5, 0.6) is 0 Å². The summed E-state index contributed by atoms with van der Waals surface area (Å²) in [7, 11) is 2.03. The molecule has 0 bridgehead atoms. The summed E-state index contributed by atoms with van der Waals surface area (Å²) in [5, 5.41) is 4.31. The van der Waals surface area contributed by atoms with E-state index in [-0.39, 0.29) is 0 Å². The van der Waals surface area contributed by atoms with Crippen LogP contribution in [0.15, 0.2) is 67.3 Å². The predicted octanol–water partition coefficient (Wildman–Crippen LogP) is 2.82. The maximum atomic E-state index is 4.61. The predicted molar refractivity (Wildman–Crippen MR) is 92.6 cm³/mol. The summed E-state index contributed by atoms with van der Waals surface area (Å²) in [6, 6.07) is 16.1. The minimum atomic E-state index is 0.591. The van der Waals surface area contributed by atoms with Gasteiger partial charge in [0.25, 0.3) is 5.78 Å². The van der Waals surface area contributed by atoms with E-state index in [1.165, 1.54) is 11.9 Å². The molecule has 0 aliphatic rings. The molecule has 4 aromatic rings. The number of benzene rings is 1. The zero-order valence-corrected chi connectivity index (χ0v) is 13.2. The summed E-state index contributed by atoms with van der Waals surface area (Å²) in [5.41, 5.74) is 3.12. The first-order chi connectivity index (χ1) is 11.8. The van der Waals surface area contributed by atoms with Crippen molar-refractivity contribution in [3.05, 3.63) is 72.8 Å². The third-order valence-corrected chi connectivity index (χ3v) is 3.86. The third kappa shape index (κ3) is 2.69. The zero-order valence-electron chi connectivity index (χ0n) is 13.2. The Hall–Kier alpha value is -3.28. The Labute approximate surface area is 139 Å². The lowest BCUT2D eigenvalue weighted by atomic mass is 10.1. The van der Waals surface area contributed by atoms with Crippen molar-refractivity contribution in [2.45, 2.75) is 6.54 Å². The molecule has 0 aliphatic carbocycles. The Morgan fingerprint density at radius 2 is 1.83 bits per heavy atom. The van der Waals surface area contributed by atoms with Crippen molar-refractivity contribution in [1.82, 2.24) is 24.6 Å². The molecule has 3 aromatic heterocycles. The van der Waals surface area contributed by atoms with Gasteiger partial charge in [-0.15, -0.1) is 0 Å². The van der Waals surface area contributed by atoms with E-state index in [4.69, 9.17) is 0 Å². The van der Waals surface area contributed by atoms with E-state index in [0.717, 1.165) is 23.6 Å². The summed E-state index contributed by atoms with van der Waals surface area (Å²) in [4.78, 5) is 15.1. The van der Waals surface area contributed by atoms with Crippen LogP contribution in [0, 0.1) is 0 Å². The summed E-state index contributed by atoms with van der Waals surface area (Å²) >= 11 is 0. The molecule has 0 spiro atoms. The highest BCUT2D eigenvalue weighted by Crippen LogP contribution is 2.23. The monoisotopic (exact) mass is 316 g/mol. The van der Waals surface area contributed by atoms with Crippen LogP contribution in [0.2, 0.25) is 0 Å². The van der Waals surface area contributed by atoms with Gasteiger partial charge in [-0.05, 0) is 17.7 Å². The van der Waals surface area contributed by atoms with Gasteiger partial charge in [-0.2, -0.15) is 14.6 Å². The average Bonchev–Trinajstić information content (AvgIpc) is 3.11. The van der Waals surface area contributed by atoms with E-state index < -0.39 is 0 Å². The lowest BCUT2D eigenvalue weighted by Gasteiger charge is -2.20. The number of nitrogens with zero attached hydrogens (tertiary/aromatic N) is 6. The molecular formula is C18H16N6. The lowest BCUT2D eigenvalue weighted by Crippen LogP contribution is -2.20. The van der Waals surface area contributed by atoms with E-state index in [1.807, 2.05) is 55.6 Å². The van der Waals surface area contributed by atoms with Crippen molar-refractivity contribution in [3.63, 3.8) is 0 Å². The highest BCUT2D eigenvalue weighted by molar-refractivity contribution is 5.65. The maximum absolute atomic E-state index is 4.61. The Bertz CT molecular complexity index is 949. The molecular weight excluding hydrogens is 300 g/mol. The fraction of sp³-hybridized carbons (Fsp3) is 0.111. The second-order valence-corrected chi connectivity index (χ2v) is 5.55. The number of rotatable bonds is 4. The van der Waals surface area contributed by atoms with Crippen LogP contribution >= 0.6 is 0 Å². The minimum absolute atomic E-state index is 0.591. The first-order valence-corrected chi connectivity index (χ1v) is 7.67. The molecule has 0 N–H and O–H groups in total. The van der Waals surface area contributed by atoms with Gasteiger partial charge in [0.2, 0.25) is 0 Å². The van der Waals surface area contributed by atoms with Gasteiger partial charge in [0, 0.05) is 37.6 Å². The summed E-state index contributed by atoms with van der Waals surface area (Å²) in [6.07, 6.45) is 5.13. The van der Waals surface area contributed by atoms with Gasteiger partial charge >= 0.3 is 0 Å². The average molecular weight is 316 g/mol. The van der Waals surface area contributed by atoms with Crippen LogP contribution in [0.25, 0.3) is 17.0 Å². The van der Waals surface area contributed by atoms with E-state index in [2.05, 4.69) is 25.0 Å². The van der Waals surface area contributed by atoms with Crippen LogP contribution in [0.4, 0.5) is 5.82 Å². The van der Waals surface area contributed by atoms with E-state index in [1.54, 1.807) is 16.9 Å². The number of pyridine rings is 1.